The van der Waals surface area contributed by atoms with Gasteiger partial charge in [-0.3, -0.25) is 0 Å². The third-order valence-electron chi connectivity index (χ3n) is 2.58. The van der Waals surface area contributed by atoms with Crippen molar-refractivity contribution in [2.45, 2.75) is 19.9 Å². The molecule has 0 aliphatic rings. The van der Waals surface area contributed by atoms with Gasteiger partial charge in [0.25, 0.3) is 0 Å². The maximum Gasteiger partial charge on any atom is 0.139 e. The van der Waals surface area contributed by atoms with E-state index in [-0.39, 0.29) is 0 Å². The molecule has 0 saturated carbocycles. The van der Waals surface area contributed by atoms with Gasteiger partial charge in [-0.1, -0.05) is 6.07 Å². The lowest BCUT2D eigenvalue weighted by Crippen LogP contribution is -2.11. The first kappa shape index (κ1) is 11.6. The summed E-state index contributed by atoms with van der Waals surface area (Å²) in [4.78, 5) is 11.0. The monoisotopic (exact) mass is 275 g/mol. The molecule has 3 aromatic heterocycles. The van der Waals surface area contributed by atoms with Gasteiger partial charge in [-0.05, 0) is 25.3 Å². The Morgan fingerprint density at radius 3 is 2.83 bits per heavy atom. The average Bonchev–Trinajstić information content (AvgIpc) is 2.96. The standard InChI is InChI=1S/C13H13N3S2/c1-8(2)16-12-11-9(10-4-3-5-17-10)6-18-13(11)15-7-14-12/h3-8H,1-2H3,(H,14,15,16). The maximum atomic E-state index is 4.38. The van der Waals surface area contributed by atoms with E-state index in [1.54, 1.807) is 29.0 Å². The molecule has 1 N–H and O–H groups in total. The van der Waals surface area contributed by atoms with Crippen LogP contribution >= 0.6 is 22.7 Å². The lowest BCUT2D eigenvalue weighted by Gasteiger charge is -2.10. The van der Waals surface area contributed by atoms with E-state index in [0.717, 1.165) is 16.0 Å². The van der Waals surface area contributed by atoms with E-state index >= 15 is 0 Å². The summed E-state index contributed by atoms with van der Waals surface area (Å²) in [5, 5.41) is 8.79. The van der Waals surface area contributed by atoms with Crippen LogP contribution in [0.3, 0.4) is 0 Å². The SMILES string of the molecule is CC(C)Nc1ncnc2scc(-c3cccs3)c12. The van der Waals surface area contributed by atoms with Gasteiger partial charge in [0.2, 0.25) is 0 Å². The molecular formula is C13H13N3S2. The highest BCUT2D eigenvalue weighted by molar-refractivity contribution is 7.18. The van der Waals surface area contributed by atoms with Crippen molar-refractivity contribution >= 4 is 38.7 Å². The molecule has 3 aromatic rings. The molecule has 0 spiro atoms. The van der Waals surface area contributed by atoms with Crippen LogP contribution in [0.1, 0.15) is 13.8 Å². The zero-order valence-corrected chi connectivity index (χ0v) is 11.8. The van der Waals surface area contributed by atoms with Gasteiger partial charge < -0.3 is 5.32 Å². The molecule has 3 rings (SSSR count). The second kappa shape index (κ2) is 4.66. The van der Waals surface area contributed by atoms with Crippen molar-refractivity contribution in [1.82, 2.24) is 9.97 Å². The summed E-state index contributed by atoms with van der Waals surface area (Å²) in [6, 6.07) is 4.57. The predicted molar refractivity (Wildman–Crippen MR) is 79.5 cm³/mol. The number of aromatic nitrogens is 2. The van der Waals surface area contributed by atoms with Gasteiger partial charge in [0.15, 0.2) is 0 Å². The van der Waals surface area contributed by atoms with Crippen molar-refractivity contribution in [3.63, 3.8) is 0 Å². The molecule has 92 valence electrons. The zero-order chi connectivity index (χ0) is 12.5. The smallest absolute Gasteiger partial charge is 0.139 e. The van der Waals surface area contributed by atoms with E-state index in [9.17, 15) is 0 Å². The summed E-state index contributed by atoms with van der Waals surface area (Å²) in [7, 11) is 0. The lowest BCUT2D eigenvalue weighted by molar-refractivity contribution is 0.890. The molecule has 0 saturated heterocycles. The number of rotatable bonds is 3. The quantitative estimate of drug-likeness (QED) is 0.777. The molecule has 0 atom stereocenters. The fraction of sp³-hybridized carbons (Fsp3) is 0.231. The summed E-state index contributed by atoms with van der Waals surface area (Å²) in [6.07, 6.45) is 1.63. The van der Waals surface area contributed by atoms with Crippen molar-refractivity contribution in [2.75, 3.05) is 5.32 Å². The van der Waals surface area contributed by atoms with Crippen LogP contribution in [0.2, 0.25) is 0 Å². The highest BCUT2D eigenvalue weighted by Gasteiger charge is 2.13. The summed E-state index contributed by atoms with van der Waals surface area (Å²) in [5.41, 5.74) is 1.23. The Labute approximate surface area is 114 Å². The Morgan fingerprint density at radius 2 is 2.11 bits per heavy atom. The van der Waals surface area contributed by atoms with Crippen molar-refractivity contribution in [3.05, 3.63) is 29.2 Å². The second-order valence-electron chi connectivity index (χ2n) is 4.33. The molecule has 18 heavy (non-hydrogen) atoms. The van der Waals surface area contributed by atoms with E-state index in [1.165, 1.54) is 10.4 Å². The van der Waals surface area contributed by atoms with Crippen LogP contribution in [0.25, 0.3) is 20.7 Å². The summed E-state index contributed by atoms with van der Waals surface area (Å²) in [5.74, 6) is 0.930. The van der Waals surface area contributed by atoms with Crippen LogP contribution < -0.4 is 5.32 Å². The Hall–Kier alpha value is -1.46. The molecule has 3 nitrogen and oxygen atoms in total. The van der Waals surface area contributed by atoms with Crippen molar-refractivity contribution in [2.24, 2.45) is 0 Å². The predicted octanol–water partition coefficient (Wildman–Crippen LogP) is 4.24. The Morgan fingerprint density at radius 1 is 1.22 bits per heavy atom. The topological polar surface area (TPSA) is 37.8 Å². The van der Waals surface area contributed by atoms with Crippen LogP contribution in [0.5, 0.6) is 0 Å². The fourth-order valence-electron chi connectivity index (χ4n) is 1.87. The molecule has 0 aliphatic heterocycles. The summed E-state index contributed by atoms with van der Waals surface area (Å²) < 4.78 is 0. The molecule has 0 unspecified atom stereocenters. The molecular weight excluding hydrogens is 262 g/mol. The first-order chi connectivity index (χ1) is 8.75. The summed E-state index contributed by atoms with van der Waals surface area (Å²) >= 11 is 3.42. The highest BCUT2D eigenvalue weighted by atomic mass is 32.1. The zero-order valence-electron chi connectivity index (χ0n) is 10.2. The normalized spacial score (nSPS) is 11.3. The number of hydrogen-bond acceptors (Lipinski definition) is 5. The molecule has 3 heterocycles. The van der Waals surface area contributed by atoms with Gasteiger partial charge in [-0.15, -0.1) is 22.7 Å². The van der Waals surface area contributed by atoms with E-state index in [1.807, 2.05) is 0 Å². The first-order valence-corrected chi connectivity index (χ1v) is 7.54. The van der Waals surface area contributed by atoms with Gasteiger partial charge in [-0.25, -0.2) is 9.97 Å². The maximum absolute atomic E-state index is 4.38. The largest absolute Gasteiger partial charge is 0.367 e. The Balaban J connectivity index is 2.21. The minimum Gasteiger partial charge on any atom is -0.367 e. The third kappa shape index (κ3) is 2.00. The number of hydrogen-bond donors (Lipinski definition) is 1. The third-order valence-corrected chi connectivity index (χ3v) is 4.37. The molecule has 5 heteroatoms. The van der Waals surface area contributed by atoms with E-state index in [4.69, 9.17) is 0 Å². The van der Waals surface area contributed by atoms with Gasteiger partial charge in [-0.2, -0.15) is 0 Å². The van der Waals surface area contributed by atoms with Crippen LogP contribution in [0.15, 0.2) is 29.2 Å². The number of nitrogens with one attached hydrogen (secondary N) is 1. The van der Waals surface area contributed by atoms with E-state index < -0.39 is 0 Å². The van der Waals surface area contributed by atoms with E-state index in [0.29, 0.717) is 6.04 Å². The molecule has 0 amide bonds. The van der Waals surface area contributed by atoms with Crippen molar-refractivity contribution < 1.29 is 0 Å². The second-order valence-corrected chi connectivity index (χ2v) is 6.13. The molecule has 0 radical (unpaired) electrons. The van der Waals surface area contributed by atoms with Crippen molar-refractivity contribution in [1.29, 1.82) is 0 Å². The van der Waals surface area contributed by atoms with E-state index in [2.05, 4.69) is 52.0 Å². The minimum atomic E-state index is 0.360. The van der Waals surface area contributed by atoms with Crippen LogP contribution in [-0.2, 0) is 0 Å². The van der Waals surface area contributed by atoms with Gasteiger partial charge >= 0.3 is 0 Å². The Kier molecular flexibility index (Phi) is 3.01. The van der Waals surface area contributed by atoms with Gasteiger partial charge in [0.05, 0.1) is 5.39 Å². The molecule has 0 aliphatic carbocycles. The van der Waals surface area contributed by atoms with Crippen LogP contribution in [0.4, 0.5) is 5.82 Å². The number of nitrogens with zero attached hydrogens (tertiary/aromatic N) is 2. The Bertz CT molecular complexity index is 656. The van der Waals surface area contributed by atoms with Crippen molar-refractivity contribution in [3.8, 4) is 10.4 Å². The number of anilines is 1. The average molecular weight is 275 g/mol. The molecule has 0 aromatic carbocycles. The first-order valence-electron chi connectivity index (χ1n) is 5.78. The fourth-order valence-corrected chi connectivity index (χ4v) is 3.60. The van der Waals surface area contributed by atoms with Gasteiger partial charge in [0.1, 0.15) is 17.0 Å². The number of fused-ring (bicyclic) bond motifs is 1. The lowest BCUT2D eigenvalue weighted by atomic mass is 10.2. The van der Waals surface area contributed by atoms with Crippen LogP contribution in [-0.4, -0.2) is 16.0 Å². The number of thiophene rings is 2. The van der Waals surface area contributed by atoms with Crippen LogP contribution in [0, 0.1) is 0 Å². The molecule has 0 bridgehead atoms. The summed E-state index contributed by atoms with van der Waals surface area (Å²) in [6.45, 7) is 4.23. The van der Waals surface area contributed by atoms with Gasteiger partial charge in [0, 0.05) is 21.9 Å². The molecule has 0 fully saturated rings. The minimum absolute atomic E-state index is 0.360. The highest BCUT2D eigenvalue weighted by Crippen LogP contribution is 2.38.